The maximum atomic E-state index is 9.11. The topological polar surface area (TPSA) is 53.0 Å². The van der Waals surface area contributed by atoms with E-state index in [2.05, 4.69) is 0 Å². The number of rotatable bonds is 2. The van der Waals surface area contributed by atoms with Crippen molar-refractivity contribution in [1.82, 2.24) is 0 Å². The Morgan fingerprint density at radius 1 is 0.944 bits per heavy atom. The highest BCUT2D eigenvalue weighted by Gasteiger charge is 2.22. The first-order valence-electron chi connectivity index (χ1n) is 5.87. The van der Waals surface area contributed by atoms with Gasteiger partial charge in [-0.15, -0.1) is 0 Å². The number of ether oxygens (including phenoxy) is 1. The van der Waals surface area contributed by atoms with Crippen LogP contribution in [0.3, 0.4) is 0 Å². The standard InChI is InChI=1S/C9H10O2.C6H6O/c10-8-3-1-2-7(4-8)5-9-6-11-9;7-6-4-2-1-3-5-6/h1-4,9-10H,5-6H2;1-5,7H. The lowest BCUT2D eigenvalue weighted by molar-refractivity contribution is 0.407. The molecule has 3 heteroatoms. The van der Waals surface area contributed by atoms with Gasteiger partial charge in [-0.1, -0.05) is 30.3 Å². The summed E-state index contributed by atoms with van der Waals surface area (Å²) >= 11 is 0. The predicted octanol–water partition coefficient (Wildman–Crippen LogP) is 2.73. The van der Waals surface area contributed by atoms with Gasteiger partial charge >= 0.3 is 0 Å². The van der Waals surface area contributed by atoms with Crippen LogP contribution in [0.1, 0.15) is 5.56 Å². The van der Waals surface area contributed by atoms with Crippen LogP contribution in [-0.4, -0.2) is 22.9 Å². The van der Waals surface area contributed by atoms with E-state index in [1.54, 1.807) is 36.4 Å². The predicted molar refractivity (Wildman–Crippen MR) is 69.7 cm³/mol. The number of hydrogen-bond acceptors (Lipinski definition) is 3. The van der Waals surface area contributed by atoms with Crippen LogP contribution in [0.5, 0.6) is 11.5 Å². The molecule has 1 atom stereocenters. The molecule has 18 heavy (non-hydrogen) atoms. The van der Waals surface area contributed by atoms with Crippen molar-refractivity contribution in [2.45, 2.75) is 12.5 Å². The molecule has 2 aromatic rings. The van der Waals surface area contributed by atoms with E-state index in [1.807, 2.05) is 18.2 Å². The fraction of sp³-hybridized carbons (Fsp3) is 0.200. The molecule has 0 radical (unpaired) electrons. The minimum atomic E-state index is 0.322. The molecule has 1 saturated heterocycles. The number of aromatic hydroxyl groups is 2. The highest BCUT2D eigenvalue weighted by molar-refractivity contribution is 5.27. The molecule has 0 amide bonds. The zero-order valence-corrected chi connectivity index (χ0v) is 9.99. The van der Waals surface area contributed by atoms with Crippen LogP contribution < -0.4 is 0 Å². The van der Waals surface area contributed by atoms with E-state index in [0.29, 0.717) is 17.6 Å². The van der Waals surface area contributed by atoms with Gasteiger partial charge in [0.25, 0.3) is 0 Å². The Labute approximate surface area is 106 Å². The van der Waals surface area contributed by atoms with Crippen molar-refractivity contribution in [3.05, 3.63) is 60.2 Å². The molecule has 3 rings (SSSR count). The van der Waals surface area contributed by atoms with Gasteiger partial charge in [0, 0.05) is 6.42 Å². The fourth-order valence-corrected chi connectivity index (χ4v) is 1.56. The fourth-order valence-electron chi connectivity index (χ4n) is 1.56. The SMILES string of the molecule is Oc1cccc(CC2CO2)c1.Oc1ccccc1. The highest BCUT2D eigenvalue weighted by atomic mass is 16.6. The smallest absolute Gasteiger partial charge is 0.115 e. The number of benzene rings is 2. The number of phenolic OH excluding ortho intramolecular Hbond substituents is 2. The number of phenols is 2. The van der Waals surface area contributed by atoms with E-state index in [1.165, 1.54) is 0 Å². The summed E-state index contributed by atoms with van der Waals surface area (Å²) in [5.74, 6) is 0.658. The minimum absolute atomic E-state index is 0.322. The minimum Gasteiger partial charge on any atom is -0.508 e. The van der Waals surface area contributed by atoms with Crippen LogP contribution in [-0.2, 0) is 11.2 Å². The zero-order chi connectivity index (χ0) is 12.8. The highest BCUT2D eigenvalue weighted by Crippen LogP contribution is 2.18. The lowest BCUT2D eigenvalue weighted by Gasteiger charge is -1.97. The van der Waals surface area contributed by atoms with E-state index in [0.717, 1.165) is 18.6 Å². The second-order valence-electron chi connectivity index (χ2n) is 4.16. The summed E-state index contributed by atoms with van der Waals surface area (Å²) < 4.78 is 5.07. The number of para-hydroxylation sites is 1. The van der Waals surface area contributed by atoms with E-state index >= 15 is 0 Å². The third-order valence-corrected chi connectivity index (χ3v) is 2.53. The van der Waals surface area contributed by atoms with Gasteiger partial charge in [0.1, 0.15) is 11.5 Å². The summed E-state index contributed by atoms with van der Waals surface area (Å²) in [4.78, 5) is 0. The molecule has 0 saturated carbocycles. The molecule has 1 heterocycles. The average Bonchev–Trinajstić information content (AvgIpc) is 3.15. The Morgan fingerprint density at radius 2 is 1.61 bits per heavy atom. The molecular weight excluding hydrogens is 228 g/mol. The molecule has 1 unspecified atom stereocenters. The Bertz CT molecular complexity index is 478. The van der Waals surface area contributed by atoms with Crippen LogP contribution in [0.2, 0.25) is 0 Å². The zero-order valence-electron chi connectivity index (χ0n) is 9.99. The van der Waals surface area contributed by atoms with Gasteiger partial charge in [0.15, 0.2) is 0 Å². The summed E-state index contributed by atoms with van der Waals surface area (Å²) in [5.41, 5.74) is 1.15. The van der Waals surface area contributed by atoms with Crippen LogP contribution in [0, 0.1) is 0 Å². The Kier molecular flexibility index (Phi) is 4.20. The molecule has 1 aliphatic rings. The summed E-state index contributed by atoms with van der Waals surface area (Å²) in [6, 6.07) is 16.0. The first-order chi connectivity index (χ1) is 8.74. The molecule has 1 fully saturated rings. The Balaban J connectivity index is 0.000000149. The van der Waals surface area contributed by atoms with Gasteiger partial charge in [-0.05, 0) is 29.8 Å². The molecule has 1 aliphatic heterocycles. The van der Waals surface area contributed by atoms with Crippen LogP contribution >= 0.6 is 0 Å². The summed E-state index contributed by atoms with van der Waals surface area (Å²) in [6.45, 7) is 0.871. The normalized spacial score (nSPS) is 16.6. The van der Waals surface area contributed by atoms with Gasteiger partial charge in [-0.3, -0.25) is 0 Å². The quantitative estimate of drug-likeness (QED) is 0.799. The van der Waals surface area contributed by atoms with Crippen molar-refractivity contribution >= 4 is 0 Å². The van der Waals surface area contributed by atoms with Crippen LogP contribution in [0.25, 0.3) is 0 Å². The maximum Gasteiger partial charge on any atom is 0.115 e. The lowest BCUT2D eigenvalue weighted by Crippen LogP contribution is -1.91. The van der Waals surface area contributed by atoms with Crippen molar-refractivity contribution in [3.63, 3.8) is 0 Å². The molecule has 3 nitrogen and oxygen atoms in total. The molecule has 0 aliphatic carbocycles. The molecule has 2 aromatic carbocycles. The molecule has 0 spiro atoms. The van der Waals surface area contributed by atoms with Crippen molar-refractivity contribution in [3.8, 4) is 11.5 Å². The van der Waals surface area contributed by atoms with Gasteiger partial charge in [-0.25, -0.2) is 0 Å². The van der Waals surface area contributed by atoms with Gasteiger partial charge in [-0.2, -0.15) is 0 Å². The van der Waals surface area contributed by atoms with Gasteiger partial charge < -0.3 is 14.9 Å². The summed E-state index contributed by atoms with van der Waals surface area (Å²) in [7, 11) is 0. The van der Waals surface area contributed by atoms with Crippen molar-refractivity contribution in [2.24, 2.45) is 0 Å². The summed E-state index contributed by atoms with van der Waals surface area (Å²) in [5, 5.41) is 17.7. The van der Waals surface area contributed by atoms with E-state index in [-0.39, 0.29) is 0 Å². The largest absolute Gasteiger partial charge is 0.508 e. The maximum absolute atomic E-state index is 9.11. The first kappa shape index (κ1) is 12.5. The molecule has 0 aromatic heterocycles. The average molecular weight is 244 g/mol. The summed E-state index contributed by atoms with van der Waals surface area (Å²) in [6.07, 6.45) is 1.32. The van der Waals surface area contributed by atoms with Crippen LogP contribution in [0.15, 0.2) is 54.6 Å². The molecule has 94 valence electrons. The first-order valence-corrected chi connectivity index (χ1v) is 5.87. The number of epoxide rings is 1. The van der Waals surface area contributed by atoms with E-state index < -0.39 is 0 Å². The van der Waals surface area contributed by atoms with E-state index in [4.69, 9.17) is 14.9 Å². The second-order valence-corrected chi connectivity index (χ2v) is 4.16. The lowest BCUT2D eigenvalue weighted by atomic mass is 10.1. The third kappa shape index (κ3) is 4.47. The molecule has 0 bridgehead atoms. The van der Waals surface area contributed by atoms with Crippen LogP contribution in [0.4, 0.5) is 0 Å². The van der Waals surface area contributed by atoms with Crippen molar-refractivity contribution in [1.29, 1.82) is 0 Å². The van der Waals surface area contributed by atoms with Gasteiger partial charge in [0.05, 0.1) is 12.7 Å². The monoisotopic (exact) mass is 244 g/mol. The Morgan fingerprint density at radius 3 is 2.11 bits per heavy atom. The van der Waals surface area contributed by atoms with Gasteiger partial charge in [0.2, 0.25) is 0 Å². The van der Waals surface area contributed by atoms with Crippen molar-refractivity contribution < 1.29 is 14.9 Å². The third-order valence-electron chi connectivity index (χ3n) is 2.53. The number of hydrogen-bond donors (Lipinski definition) is 2. The second kappa shape index (κ2) is 6.07. The molecular formula is C15H16O3. The van der Waals surface area contributed by atoms with E-state index in [9.17, 15) is 0 Å². The molecule has 2 N–H and O–H groups in total. The van der Waals surface area contributed by atoms with Crippen molar-refractivity contribution in [2.75, 3.05) is 6.61 Å². The Hall–Kier alpha value is -2.00.